The molecule has 0 bridgehead atoms. The Morgan fingerprint density at radius 3 is 2.40 bits per heavy atom. The van der Waals surface area contributed by atoms with Crippen molar-refractivity contribution in [3.05, 3.63) is 66.0 Å². The number of hydrogen-bond acceptors (Lipinski definition) is 3. The number of Topliss-reactive ketones (excluding diaryl/α,β-unsaturated/α-hetero) is 1. The Balaban J connectivity index is 2.10. The van der Waals surface area contributed by atoms with Gasteiger partial charge in [-0.25, -0.2) is 0 Å². The zero-order valence-corrected chi connectivity index (χ0v) is 12.0. The van der Waals surface area contributed by atoms with Gasteiger partial charge >= 0.3 is 0 Å². The van der Waals surface area contributed by atoms with Crippen molar-refractivity contribution < 1.29 is 4.79 Å². The van der Waals surface area contributed by atoms with E-state index in [4.69, 9.17) is 0 Å². The van der Waals surface area contributed by atoms with Crippen LogP contribution in [0, 0.1) is 0 Å². The molecule has 0 amide bonds. The number of ketones is 1. The summed E-state index contributed by atoms with van der Waals surface area (Å²) in [4.78, 5) is 18.7. The summed E-state index contributed by atoms with van der Waals surface area (Å²) in [5, 5.41) is 0. The maximum atomic E-state index is 12.6. The van der Waals surface area contributed by atoms with Gasteiger partial charge in [-0.2, -0.15) is 0 Å². The predicted octanol–water partition coefficient (Wildman–Crippen LogP) is 3.17. The van der Waals surface area contributed by atoms with Gasteiger partial charge in [0.05, 0.1) is 6.04 Å². The summed E-state index contributed by atoms with van der Waals surface area (Å²) < 4.78 is 0. The molecule has 20 heavy (non-hydrogen) atoms. The van der Waals surface area contributed by atoms with Gasteiger partial charge < -0.3 is 0 Å². The maximum Gasteiger partial charge on any atom is 0.179 e. The van der Waals surface area contributed by atoms with E-state index in [1.165, 1.54) is 5.56 Å². The van der Waals surface area contributed by atoms with E-state index in [0.29, 0.717) is 0 Å². The van der Waals surface area contributed by atoms with E-state index in [1.807, 2.05) is 49.5 Å². The molecule has 104 valence electrons. The number of rotatable bonds is 6. The van der Waals surface area contributed by atoms with Crippen LogP contribution in [0.25, 0.3) is 0 Å². The van der Waals surface area contributed by atoms with Crippen molar-refractivity contribution in [3.8, 4) is 0 Å². The summed E-state index contributed by atoms with van der Waals surface area (Å²) in [6.07, 6.45) is 4.36. The SMILES string of the molecule is CCC(C(=O)c1ccccc1)N(C)Cc1ccncc1. The van der Waals surface area contributed by atoms with Crippen LogP contribution < -0.4 is 0 Å². The molecular formula is C17H20N2O. The summed E-state index contributed by atoms with van der Waals surface area (Å²) in [5.74, 6) is 0.185. The van der Waals surface area contributed by atoms with Gasteiger partial charge in [-0.05, 0) is 31.2 Å². The van der Waals surface area contributed by atoms with Crippen LogP contribution in [-0.4, -0.2) is 28.8 Å². The molecule has 2 aromatic rings. The molecule has 2 rings (SSSR count). The molecule has 0 spiro atoms. The van der Waals surface area contributed by atoms with Crippen LogP contribution in [0.1, 0.15) is 29.3 Å². The van der Waals surface area contributed by atoms with Crippen molar-refractivity contribution in [2.75, 3.05) is 7.05 Å². The first-order chi connectivity index (χ1) is 9.72. The van der Waals surface area contributed by atoms with Crippen molar-refractivity contribution in [3.63, 3.8) is 0 Å². The first kappa shape index (κ1) is 14.4. The molecular weight excluding hydrogens is 248 g/mol. The second-order valence-corrected chi connectivity index (χ2v) is 4.92. The Bertz CT molecular complexity index is 539. The minimum absolute atomic E-state index is 0.0921. The Kier molecular flexibility index (Phi) is 5.02. The summed E-state index contributed by atoms with van der Waals surface area (Å²) in [7, 11) is 2.00. The predicted molar refractivity (Wildman–Crippen MR) is 80.6 cm³/mol. The summed E-state index contributed by atoms with van der Waals surface area (Å²) in [6, 6.07) is 13.4. The third kappa shape index (κ3) is 3.52. The van der Waals surface area contributed by atoms with E-state index in [2.05, 4.69) is 16.8 Å². The normalized spacial score (nSPS) is 12.3. The standard InChI is InChI=1S/C17H20N2O/c1-3-16(17(20)15-7-5-4-6-8-15)19(2)13-14-9-11-18-12-10-14/h4-12,16H,3,13H2,1-2H3. The lowest BCUT2D eigenvalue weighted by Crippen LogP contribution is -2.37. The van der Waals surface area contributed by atoms with E-state index in [1.54, 1.807) is 12.4 Å². The number of carbonyl (C=O) groups excluding carboxylic acids is 1. The van der Waals surface area contributed by atoms with E-state index in [9.17, 15) is 4.79 Å². The summed E-state index contributed by atoms with van der Waals surface area (Å²) in [6.45, 7) is 2.80. The minimum Gasteiger partial charge on any atom is -0.292 e. The summed E-state index contributed by atoms with van der Waals surface area (Å²) in [5.41, 5.74) is 1.95. The number of hydrogen-bond donors (Lipinski definition) is 0. The van der Waals surface area contributed by atoms with Gasteiger partial charge in [0.1, 0.15) is 0 Å². The van der Waals surface area contributed by atoms with E-state index >= 15 is 0 Å². The van der Waals surface area contributed by atoms with Gasteiger partial charge in [-0.15, -0.1) is 0 Å². The Morgan fingerprint density at radius 1 is 1.15 bits per heavy atom. The molecule has 1 heterocycles. The molecule has 0 aliphatic heterocycles. The van der Waals surface area contributed by atoms with Crippen LogP contribution in [0.3, 0.4) is 0 Å². The highest BCUT2D eigenvalue weighted by atomic mass is 16.1. The highest BCUT2D eigenvalue weighted by molar-refractivity contribution is 6.00. The van der Waals surface area contributed by atoms with Gasteiger partial charge in [-0.3, -0.25) is 14.7 Å². The van der Waals surface area contributed by atoms with Crippen molar-refractivity contribution >= 4 is 5.78 Å². The van der Waals surface area contributed by atoms with Crippen LogP contribution in [0.15, 0.2) is 54.9 Å². The number of carbonyl (C=O) groups is 1. The molecule has 0 saturated heterocycles. The quantitative estimate of drug-likeness (QED) is 0.754. The number of benzene rings is 1. The number of pyridine rings is 1. The molecule has 3 nitrogen and oxygen atoms in total. The zero-order valence-electron chi connectivity index (χ0n) is 12.0. The topological polar surface area (TPSA) is 33.2 Å². The fourth-order valence-corrected chi connectivity index (χ4v) is 2.38. The Hall–Kier alpha value is -2.00. The minimum atomic E-state index is -0.0921. The highest BCUT2D eigenvalue weighted by Gasteiger charge is 2.22. The Labute approximate surface area is 120 Å². The van der Waals surface area contributed by atoms with Gasteiger partial charge in [0.25, 0.3) is 0 Å². The molecule has 0 radical (unpaired) electrons. The molecule has 1 aromatic carbocycles. The zero-order chi connectivity index (χ0) is 14.4. The molecule has 1 atom stereocenters. The van der Waals surface area contributed by atoms with Crippen LogP contribution >= 0.6 is 0 Å². The van der Waals surface area contributed by atoms with E-state index in [0.717, 1.165) is 18.5 Å². The average molecular weight is 268 g/mol. The maximum absolute atomic E-state index is 12.6. The van der Waals surface area contributed by atoms with Crippen molar-refractivity contribution in [1.82, 2.24) is 9.88 Å². The average Bonchev–Trinajstić information content (AvgIpc) is 2.49. The number of likely N-dealkylation sites (N-methyl/N-ethyl adjacent to an activating group) is 1. The van der Waals surface area contributed by atoms with Crippen molar-refractivity contribution in [2.45, 2.75) is 25.9 Å². The molecule has 0 saturated carbocycles. The van der Waals surface area contributed by atoms with E-state index < -0.39 is 0 Å². The fraction of sp³-hybridized carbons (Fsp3) is 0.294. The third-order valence-electron chi connectivity index (χ3n) is 3.46. The monoisotopic (exact) mass is 268 g/mol. The molecule has 0 fully saturated rings. The molecule has 3 heteroatoms. The van der Waals surface area contributed by atoms with Crippen molar-refractivity contribution in [1.29, 1.82) is 0 Å². The number of nitrogens with zero attached hydrogens (tertiary/aromatic N) is 2. The van der Waals surface area contributed by atoms with Crippen LogP contribution in [0.4, 0.5) is 0 Å². The lowest BCUT2D eigenvalue weighted by molar-refractivity contribution is 0.0838. The first-order valence-electron chi connectivity index (χ1n) is 6.90. The number of aromatic nitrogens is 1. The van der Waals surface area contributed by atoms with Gasteiger partial charge in [0.15, 0.2) is 5.78 Å². The second-order valence-electron chi connectivity index (χ2n) is 4.92. The molecule has 0 aliphatic rings. The lowest BCUT2D eigenvalue weighted by Gasteiger charge is -2.26. The third-order valence-corrected chi connectivity index (χ3v) is 3.46. The molecule has 0 N–H and O–H groups in total. The molecule has 1 unspecified atom stereocenters. The molecule has 0 aliphatic carbocycles. The lowest BCUT2D eigenvalue weighted by atomic mass is 10.0. The van der Waals surface area contributed by atoms with E-state index in [-0.39, 0.29) is 11.8 Å². The second kappa shape index (κ2) is 6.96. The van der Waals surface area contributed by atoms with Gasteiger partial charge in [0, 0.05) is 24.5 Å². The molecule has 1 aromatic heterocycles. The smallest absolute Gasteiger partial charge is 0.179 e. The fourth-order valence-electron chi connectivity index (χ4n) is 2.38. The van der Waals surface area contributed by atoms with Crippen molar-refractivity contribution in [2.24, 2.45) is 0 Å². The Morgan fingerprint density at radius 2 is 1.80 bits per heavy atom. The van der Waals surface area contributed by atoms with Gasteiger partial charge in [0.2, 0.25) is 0 Å². The first-order valence-corrected chi connectivity index (χ1v) is 6.90. The van der Waals surface area contributed by atoms with Crippen LogP contribution in [0.5, 0.6) is 0 Å². The largest absolute Gasteiger partial charge is 0.292 e. The van der Waals surface area contributed by atoms with Gasteiger partial charge in [-0.1, -0.05) is 37.3 Å². The summed E-state index contributed by atoms with van der Waals surface area (Å²) >= 11 is 0. The highest BCUT2D eigenvalue weighted by Crippen LogP contribution is 2.13. The van der Waals surface area contributed by atoms with Crippen LogP contribution in [-0.2, 0) is 6.54 Å². The van der Waals surface area contributed by atoms with Crippen LogP contribution in [0.2, 0.25) is 0 Å².